The van der Waals surface area contributed by atoms with Crippen LogP contribution in [0, 0.1) is 5.92 Å². The van der Waals surface area contributed by atoms with E-state index in [0.29, 0.717) is 0 Å². The van der Waals surface area contributed by atoms with Gasteiger partial charge in [-0.1, -0.05) is 0 Å². The van der Waals surface area contributed by atoms with Gasteiger partial charge in [-0.3, -0.25) is 0 Å². The lowest BCUT2D eigenvalue weighted by Gasteiger charge is -2.06. The van der Waals surface area contributed by atoms with E-state index in [1.165, 1.54) is 7.11 Å². The van der Waals surface area contributed by atoms with Crippen molar-refractivity contribution >= 4 is 5.97 Å². The van der Waals surface area contributed by atoms with E-state index in [1.807, 2.05) is 0 Å². The first kappa shape index (κ1) is 6.55. The van der Waals surface area contributed by atoms with E-state index in [4.69, 9.17) is 9.84 Å². The smallest absolute Gasteiger partial charge is 0.333 e. The second-order valence-electron chi connectivity index (χ2n) is 2.33. The first-order valence-corrected chi connectivity index (χ1v) is 3.01. The molecule has 0 aliphatic heterocycles. The molecule has 0 amide bonds. The Morgan fingerprint density at radius 2 is 2.33 bits per heavy atom. The molecule has 0 heterocycles. The van der Waals surface area contributed by atoms with Crippen LogP contribution in [0.5, 0.6) is 0 Å². The van der Waals surface area contributed by atoms with Crippen LogP contribution < -0.4 is 0 Å². The zero-order valence-corrected chi connectivity index (χ0v) is 5.33. The summed E-state index contributed by atoms with van der Waals surface area (Å²) in [6.07, 6.45) is 1.46. The summed E-state index contributed by atoms with van der Waals surface area (Å²) in [6, 6.07) is 0. The summed E-state index contributed by atoms with van der Waals surface area (Å²) in [5.41, 5.74) is 0. The van der Waals surface area contributed by atoms with E-state index >= 15 is 0 Å². The van der Waals surface area contributed by atoms with Gasteiger partial charge in [-0.05, 0) is 18.8 Å². The zero-order chi connectivity index (χ0) is 6.85. The molecule has 1 fully saturated rings. The Morgan fingerprint density at radius 1 is 1.78 bits per heavy atom. The summed E-state index contributed by atoms with van der Waals surface area (Å²) in [4.78, 5) is 10.3. The summed E-state index contributed by atoms with van der Waals surface area (Å²) >= 11 is 0. The number of carbonyl (C=O) groups is 1. The second kappa shape index (κ2) is 2.35. The Hall–Kier alpha value is -0.570. The molecule has 0 spiro atoms. The molecule has 0 aromatic carbocycles. The Kier molecular flexibility index (Phi) is 1.71. The molecule has 0 saturated heterocycles. The molecule has 0 aromatic rings. The average Bonchev–Trinajstić information content (AvgIpc) is 2.50. The molecule has 1 atom stereocenters. The highest BCUT2D eigenvalue weighted by atomic mass is 16.5. The van der Waals surface area contributed by atoms with E-state index < -0.39 is 12.1 Å². The molecule has 1 unspecified atom stereocenters. The van der Waals surface area contributed by atoms with Crippen LogP contribution in [0.4, 0.5) is 0 Å². The van der Waals surface area contributed by atoms with Crippen molar-refractivity contribution in [3.63, 3.8) is 0 Å². The van der Waals surface area contributed by atoms with Crippen LogP contribution in [0.25, 0.3) is 0 Å². The maximum atomic E-state index is 10.3. The zero-order valence-electron chi connectivity index (χ0n) is 5.33. The summed E-state index contributed by atoms with van der Waals surface area (Å²) < 4.78 is 4.74. The van der Waals surface area contributed by atoms with E-state index in [9.17, 15) is 4.79 Å². The van der Waals surface area contributed by atoms with E-state index in [0.717, 1.165) is 12.8 Å². The topological polar surface area (TPSA) is 46.5 Å². The number of carboxylic acids is 1. The fraction of sp³-hybridized carbons (Fsp3) is 0.833. The molecular weight excluding hydrogens is 120 g/mol. The SMILES string of the molecule is COC(C(=O)O)C1CC1. The fourth-order valence-electron chi connectivity index (χ4n) is 0.894. The van der Waals surface area contributed by atoms with Gasteiger partial charge in [0.2, 0.25) is 0 Å². The van der Waals surface area contributed by atoms with E-state index in [-0.39, 0.29) is 5.92 Å². The quantitative estimate of drug-likeness (QED) is 0.605. The van der Waals surface area contributed by atoms with Crippen LogP contribution in [0.2, 0.25) is 0 Å². The molecule has 0 aromatic heterocycles. The molecule has 52 valence electrons. The normalized spacial score (nSPS) is 21.4. The highest BCUT2D eigenvalue weighted by Crippen LogP contribution is 2.33. The molecule has 1 rings (SSSR count). The van der Waals surface area contributed by atoms with E-state index in [1.54, 1.807) is 0 Å². The van der Waals surface area contributed by atoms with Crippen LogP contribution in [0.15, 0.2) is 0 Å². The van der Waals surface area contributed by atoms with Gasteiger partial charge in [-0.2, -0.15) is 0 Å². The van der Waals surface area contributed by atoms with Crippen molar-refractivity contribution < 1.29 is 14.6 Å². The first-order chi connectivity index (χ1) is 4.25. The van der Waals surface area contributed by atoms with Crippen molar-refractivity contribution in [2.75, 3.05) is 7.11 Å². The molecule has 1 aliphatic carbocycles. The highest BCUT2D eigenvalue weighted by Gasteiger charge is 2.36. The minimum absolute atomic E-state index is 0.285. The van der Waals surface area contributed by atoms with Crippen molar-refractivity contribution in [2.45, 2.75) is 18.9 Å². The predicted molar refractivity (Wildman–Crippen MR) is 31.2 cm³/mol. The van der Waals surface area contributed by atoms with Crippen LogP contribution in [0.3, 0.4) is 0 Å². The number of hydrogen-bond acceptors (Lipinski definition) is 2. The van der Waals surface area contributed by atoms with Crippen molar-refractivity contribution in [3.05, 3.63) is 0 Å². The lowest BCUT2D eigenvalue weighted by atomic mass is 10.2. The van der Waals surface area contributed by atoms with Gasteiger partial charge in [0, 0.05) is 7.11 Å². The minimum Gasteiger partial charge on any atom is -0.479 e. The lowest BCUT2D eigenvalue weighted by Crippen LogP contribution is -2.24. The molecule has 9 heavy (non-hydrogen) atoms. The third-order valence-corrected chi connectivity index (χ3v) is 1.55. The Labute approximate surface area is 53.6 Å². The van der Waals surface area contributed by atoms with Crippen LogP contribution in [-0.4, -0.2) is 24.3 Å². The molecule has 3 heteroatoms. The minimum atomic E-state index is -0.833. The fourth-order valence-corrected chi connectivity index (χ4v) is 0.894. The Bertz CT molecular complexity index is 117. The number of methoxy groups -OCH3 is 1. The first-order valence-electron chi connectivity index (χ1n) is 3.01. The highest BCUT2D eigenvalue weighted by molar-refractivity contribution is 5.73. The molecule has 0 bridgehead atoms. The predicted octanol–water partition coefficient (Wildman–Crippen LogP) is 0.496. The Balaban J connectivity index is 2.37. The standard InChI is InChI=1S/C6H10O3/c1-9-5(6(7)8)4-2-3-4/h4-5H,2-3H2,1H3,(H,7,8). The van der Waals surface area contributed by atoms with Crippen molar-refractivity contribution in [2.24, 2.45) is 5.92 Å². The summed E-state index contributed by atoms with van der Waals surface area (Å²) in [5, 5.41) is 8.46. The number of aliphatic carboxylic acids is 1. The molecule has 0 radical (unpaired) electrons. The van der Waals surface area contributed by atoms with Crippen LogP contribution >= 0.6 is 0 Å². The molecular formula is C6H10O3. The summed E-state index contributed by atoms with van der Waals surface area (Å²) in [6.45, 7) is 0. The number of hydrogen-bond donors (Lipinski definition) is 1. The Morgan fingerprint density at radius 3 is 2.44 bits per heavy atom. The van der Waals surface area contributed by atoms with Crippen LogP contribution in [-0.2, 0) is 9.53 Å². The number of carboxylic acid groups (broad SMARTS) is 1. The second-order valence-corrected chi connectivity index (χ2v) is 2.33. The summed E-state index contributed by atoms with van der Waals surface area (Å²) in [5.74, 6) is -0.549. The molecule has 1 aliphatic rings. The van der Waals surface area contributed by atoms with Gasteiger partial charge >= 0.3 is 5.97 Å². The summed E-state index contributed by atoms with van der Waals surface area (Å²) in [7, 11) is 1.44. The molecule has 3 nitrogen and oxygen atoms in total. The average molecular weight is 130 g/mol. The monoisotopic (exact) mass is 130 g/mol. The van der Waals surface area contributed by atoms with Crippen molar-refractivity contribution in [3.8, 4) is 0 Å². The van der Waals surface area contributed by atoms with Gasteiger partial charge in [-0.15, -0.1) is 0 Å². The van der Waals surface area contributed by atoms with Crippen molar-refractivity contribution in [1.82, 2.24) is 0 Å². The number of rotatable bonds is 3. The lowest BCUT2D eigenvalue weighted by molar-refractivity contribution is -0.149. The van der Waals surface area contributed by atoms with Gasteiger partial charge in [0.25, 0.3) is 0 Å². The molecule has 1 N–H and O–H groups in total. The van der Waals surface area contributed by atoms with E-state index in [2.05, 4.69) is 0 Å². The van der Waals surface area contributed by atoms with Crippen LogP contribution in [0.1, 0.15) is 12.8 Å². The van der Waals surface area contributed by atoms with Gasteiger partial charge in [0.05, 0.1) is 0 Å². The van der Waals surface area contributed by atoms with Gasteiger partial charge in [-0.25, -0.2) is 4.79 Å². The van der Waals surface area contributed by atoms with Gasteiger partial charge < -0.3 is 9.84 Å². The van der Waals surface area contributed by atoms with Crippen molar-refractivity contribution in [1.29, 1.82) is 0 Å². The van der Waals surface area contributed by atoms with Gasteiger partial charge in [0.1, 0.15) is 0 Å². The maximum Gasteiger partial charge on any atom is 0.333 e. The largest absolute Gasteiger partial charge is 0.479 e. The number of ether oxygens (including phenoxy) is 1. The van der Waals surface area contributed by atoms with Gasteiger partial charge in [0.15, 0.2) is 6.10 Å². The third-order valence-electron chi connectivity index (χ3n) is 1.55. The maximum absolute atomic E-state index is 10.3. The molecule has 1 saturated carbocycles. The third kappa shape index (κ3) is 1.42.